The molecule has 0 radical (unpaired) electrons. The van der Waals surface area contributed by atoms with Crippen molar-refractivity contribution in [2.75, 3.05) is 23.0 Å². The molecule has 0 aliphatic carbocycles. The van der Waals surface area contributed by atoms with E-state index in [0.717, 1.165) is 22.5 Å². The van der Waals surface area contributed by atoms with Crippen molar-refractivity contribution in [2.24, 2.45) is 5.92 Å². The first-order valence-electron chi connectivity index (χ1n) is 14.3. The number of aliphatic hydroxyl groups is 1. The van der Waals surface area contributed by atoms with Gasteiger partial charge in [0, 0.05) is 61.4 Å². The number of aliphatic hydroxyl groups excluding tert-OH is 1. The number of hydrogen-bond acceptors (Lipinski definition) is 7. The molecule has 4 atom stereocenters. The Hall–Kier alpha value is -3.38. The van der Waals surface area contributed by atoms with Gasteiger partial charge in [-0.2, -0.15) is 0 Å². The predicted molar refractivity (Wildman–Crippen MR) is 156 cm³/mol. The number of fused-ring (bicyclic) bond motifs is 2. The second-order valence-electron chi connectivity index (χ2n) is 12.0. The highest BCUT2D eigenvalue weighted by atomic mass is 28.4. The molecule has 2 N–H and O–H groups in total. The van der Waals surface area contributed by atoms with Crippen LogP contribution in [-0.2, 0) is 39.4 Å². The van der Waals surface area contributed by atoms with Crippen molar-refractivity contribution >= 4 is 31.5 Å². The quantitative estimate of drug-likeness (QED) is 0.297. The van der Waals surface area contributed by atoms with Gasteiger partial charge in [-0.05, 0) is 43.3 Å². The summed E-state index contributed by atoms with van der Waals surface area (Å²) in [6, 6.07) is 15.7. The molecule has 3 aliphatic rings. The summed E-state index contributed by atoms with van der Waals surface area (Å²) in [6.07, 6.45) is 2.93. The zero-order chi connectivity index (χ0) is 28.9. The third-order valence-electron chi connectivity index (χ3n) is 8.91. The highest BCUT2D eigenvalue weighted by molar-refractivity contribution is 6.71. The zero-order valence-electron chi connectivity index (χ0n) is 23.7. The lowest BCUT2D eigenvalue weighted by atomic mass is 9.82. The molecule has 11 heteroatoms. The molecule has 10 nitrogen and oxygen atoms in total. The van der Waals surface area contributed by atoms with Gasteiger partial charge in [0.25, 0.3) is 5.91 Å². The Morgan fingerprint density at radius 1 is 1.15 bits per heavy atom. The van der Waals surface area contributed by atoms with E-state index >= 15 is 0 Å². The lowest BCUT2D eigenvalue weighted by molar-refractivity contribution is -0.146. The summed E-state index contributed by atoms with van der Waals surface area (Å²) >= 11 is 0. The molecule has 0 saturated carbocycles. The second-order valence-corrected chi connectivity index (χ2v) is 15.9. The Bertz CT molecular complexity index is 1460. The number of amides is 2. The van der Waals surface area contributed by atoms with Crippen LogP contribution in [0.15, 0.2) is 54.7 Å². The van der Waals surface area contributed by atoms with Gasteiger partial charge in [-0.15, -0.1) is 5.10 Å². The summed E-state index contributed by atoms with van der Waals surface area (Å²) in [5.74, 6) is -0.361. The van der Waals surface area contributed by atoms with Crippen LogP contribution in [0.25, 0.3) is 0 Å². The smallest absolute Gasteiger partial charge is 0.264 e. The van der Waals surface area contributed by atoms with Crippen LogP contribution >= 0.6 is 0 Å². The van der Waals surface area contributed by atoms with E-state index in [1.807, 2.05) is 74.7 Å². The summed E-state index contributed by atoms with van der Waals surface area (Å²) in [5, 5.41) is 17.5. The van der Waals surface area contributed by atoms with E-state index in [9.17, 15) is 19.5 Å². The Morgan fingerprint density at radius 3 is 2.59 bits per heavy atom. The molecule has 3 aliphatic heterocycles. The van der Waals surface area contributed by atoms with E-state index in [4.69, 9.17) is 4.74 Å². The normalized spacial score (nSPS) is 25.7. The molecule has 1 spiro atoms. The van der Waals surface area contributed by atoms with Gasteiger partial charge in [0.05, 0.1) is 24.0 Å². The van der Waals surface area contributed by atoms with Crippen LogP contribution in [-0.4, -0.2) is 64.3 Å². The lowest BCUT2D eigenvalue weighted by Gasteiger charge is -2.33. The number of carbonyl (C=O) groups is 2. The molecular weight excluding hydrogens is 538 g/mol. The number of aromatic nitrogens is 3. The van der Waals surface area contributed by atoms with E-state index in [2.05, 4.69) is 10.3 Å². The summed E-state index contributed by atoms with van der Waals surface area (Å²) in [5.41, 5.74) is 2.54. The van der Waals surface area contributed by atoms with Crippen LogP contribution in [0.2, 0.25) is 18.6 Å². The maximum Gasteiger partial charge on any atom is 0.264 e. The van der Waals surface area contributed by atoms with Crippen LogP contribution in [0.4, 0.5) is 11.4 Å². The molecule has 41 heavy (non-hydrogen) atoms. The maximum atomic E-state index is 14.6. The van der Waals surface area contributed by atoms with Crippen LogP contribution < -0.4 is 9.80 Å². The predicted octanol–water partition coefficient (Wildman–Crippen LogP) is 2.98. The lowest BCUT2D eigenvalue weighted by Crippen LogP contribution is -2.46. The van der Waals surface area contributed by atoms with Crippen molar-refractivity contribution < 1.29 is 24.2 Å². The van der Waals surface area contributed by atoms with Crippen molar-refractivity contribution in [3.63, 3.8) is 0 Å². The second kappa shape index (κ2) is 10.5. The number of β-lactam (4-membered cyclic amide) rings is 1. The Kier molecular flexibility index (Phi) is 7.09. The number of nitrogens with zero attached hydrogens (tertiary/aromatic N) is 5. The number of ether oxygens (including phenoxy) is 1. The molecule has 2 amide bonds. The molecule has 2 fully saturated rings. The minimum Gasteiger partial charge on any atom is -0.432 e. The molecule has 3 aromatic rings. The van der Waals surface area contributed by atoms with Gasteiger partial charge in [-0.1, -0.05) is 42.5 Å². The fourth-order valence-electron chi connectivity index (χ4n) is 6.95. The van der Waals surface area contributed by atoms with Crippen LogP contribution in [0.1, 0.15) is 36.6 Å². The van der Waals surface area contributed by atoms with E-state index < -0.39 is 13.9 Å². The fourth-order valence-corrected chi connectivity index (χ4v) is 9.55. The van der Waals surface area contributed by atoms with Gasteiger partial charge >= 0.3 is 0 Å². The topological polar surface area (TPSA) is 121 Å². The van der Waals surface area contributed by atoms with Crippen LogP contribution in [0, 0.1) is 5.92 Å². The van der Waals surface area contributed by atoms with Crippen molar-refractivity contribution in [1.29, 1.82) is 0 Å². The van der Waals surface area contributed by atoms with E-state index in [-0.39, 0.29) is 36.0 Å². The minimum absolute atomic E-state index is 0.00283. The number of benzene rings is 2. The molecular formula is C30H37N5O5Si. The monoisotopic (exact) mass is 575 g/mol. The standard InChI is InChI=1S/C30H37N5O5Si/c1-20-28(41(2,3)39)26(11-14-33-19-22(13-16-36)31-32-33)40-30(20)24-17-23(34-15-12-27(34)37)9-10-25(24)35(29(30)38)18-21-7-5-4-6-8-21/h4-10,17,19-20,26,28,36,39H,11-16,18H2,1-3H3/t20-,26+,28-,30+/m1/s1. The van der Waals surface area contributed by atoms with Crippen molar-refractivity contribution in [2.45, 2.75) is 69.6 Å². The van der Waals surface area contributed by atoms with Crippen molar-refractivity contribution in [1.82, 2.24) is 15.0 Å². The largest absolute Gasteiger partial charge is 0.432 e. The van der Waals surface area contributed by atoms with Crippen LogP contribution in [0.5, 0.6) is 0 Å². The molecule has 2 aromatic carbocycles. The van der Waals surface area contributed by atoms with E-state index in [1.54, 1.807) is 14.5 Å². The third kappa shape index (κ3) is 4.70. The van der Waals surface area contributed by atoms with Gasteiger partial charge in [0.15, 0.2) is 13.9 Å². The molecule has 0 bridgehead atoms. The average molecular weight is 576 g/mol. The van der Waals surface area contributed by atoms with Crippen molar-refractivity contribution in [3.05, 3.63) is 71.5 Å². The maximum absolute atomic E-state index is 14.6. The molecule has 2 saturated heterocycles. The van der Waals surface area contributed by atoms with Gasteiger partial charge in [-0.3, -0.25) is 14.3 Å². The summed E-state index contributed by atoms with van der Waals surface area (Å²) < 4.78 is 8.66. The number of aryl methyl sites for hydroxylation is 1. The van der Waals surface area contributed by atoms with Gasteiger partial charge in [-0.25, -0.2) is 0 Å². The number of rotatable bonds is 9. The molecule has 6 rings (SSSR count). The van der Waals surface area contributed by atoms with E-state index in [1.165, 1.54) is 0 Å². The molecule has 0 unspecified atom stereocenters. The third-order valence-corrected chi connectivity index (χ3v) is 11.4. The summed E-state index contributed by atoms with van der Waals surface area (Å²) in [4.78, 5) is 42.0. The van der Waals surface area contributed by atoms with Crippen LogP contribution in [0.3, 0.4) is 0 Å². The van der Waals surface area contributed by atoms with Gasteiger partial charge in [0.1, 0.15) is 0 Å². The SMILES string of the molecule is C[C@@H]1[C@@H]([Si](C)(C)O)[C@H](CCn2cc(CCO)nn2)O[C@@]12C(=O)N(Cc1ccccc1)c1ccc(N3CCC3=O)cc12. The average Bonchev–Trinajstić information content (AvgIpc) is 3.57. The molecule has 216 valence electrons. The fraction of sp³-hybridized carbons (Fsp3) is 0.467. The van der Waals surface area contributed by atoms with Gasteiger partial charge < -0.3 is 24.4 Å². The first-order valence-corrected chi connectivity index (χ1v) is 17.4. The summed E-state index contributed by atoms with van der Waals surface area (Å²) in [6.45, 7) is 7.41. The highest BCUT2D eigenvalue weighted by Gasteiger charge is 2.66. The molecule has 4 heterocycles. The van der Waals surface area contributed by atoms with E-state index in [0.29, 0.717) is 44.6 Å². The van der Waals surface area contributed by atoms with Crippen molar-refractivity contribution in [3.8, 4) is 0 Å². The zero-order valence-corrected chi connectivity index (χ0v) is 24.7. The first kappa shape index (κ1) is 27.8. The Labute approximate surface area is 240 Å². The van der Waals surface area contributed by atoms with Gasteiger partial charge in [0.2, 0.25) is 5.91 Å². The minimum atomic E-state index is -2.82. The number of hydrogen-bond donors (Lipinski definition) is 2. The highest BCUT2D eigenvalue weighted by Crippen LogP contribution is 2.60. The summed E-state index contributed by atoms with van der Waals surface area (Å²) in [7, 11) is -2.82. The molecule has 1 aromatic heterocycles. The number of anilines is 2. The Morgan fingerprint density at radius 2 is 1.93 bits per heavy atom. The number of carbonyl (C=O) groups excluding carboxylic acids is 2. The Balaban J connectivity index is 1.39. The first-order chi connectivity index (χ1) is 19.6.